The molecule has 0 spiro atoms. The van der Waals surface area contributed by atoms with Crippen LogP contribution in [0.4, 0.5) is 10.1 Å². The van der Waals surface area contributed by atoms with Gasteiger partial charge >= 0.3 is 0 Å². The number of carbonyl (C=O) groups excluding carboxylic acids is 1. The molecule has 2 aromatic rings. The van der Waals surface area contributed by atoms with Crippen molar-refractivity contribution in [1.29, 1.82) is 0 Å². The first-order chi connectivity index (χ1) is 10.5. The maximum absolute atomic E-state index is 13.2. The van der Waals surface area contributed by atoms with Gasteiger partial charge in [0, 0.05) is 16.1 Å². The lowest BCUT2D eigenvalue weighted by Crippen LogP contribution is -2.24. The molecule has 2 aromatic carbocycles. The number of rotatable bonds is 1. The molecule has 1 aliphatic rings. The van der Waals surface area contributed by atoms with E-state index in [-0.39, 0.29) is 10.7 Å². The number of aliphatic hydroxyl groups is 1. The van der Waals surface area contributed by atoms with Crippen molar-refractivity contribution >= 4 is 40.5 Å². The van der Waals surface area contributed by atoms with E-state index in [1.165, 1.54) is 12.1 Å². The maximum atomic E-state index is 13.2. The second-order valence-electron chi connectivity index (χ2n) is 4.65. The van der Waals surface area contributed by atoms with Crippen LogP contribution < -0.4 is 5.32 Å². The molecule has 2 N–H and O–H groups in total. The van der Waals surface area contributed by atoms with E-state index in [1.54, 1.807) is 18.2 Å². The van der Waals surface area contributed by atoms with Crippen molar-refractivity contribution in [3.05, 3.63) is 63.4 Å². The van der Waals surface area contributed by atoms with Crippen molar-refractivity contribution in [3.8, 4) is 0 Å². The van der Waals surface area contributed by atoms with E-state index < -0.39 is 18.0 Å². The summed E-state index contributed by atoms with van der Waals surface area (Å²) >= 11 is 12.1. The quantitative estimate of drug-likeness (QED) is 0.838. The van der Waals surface area contributed by atoms with Crippen LogP contribution in [0.2, 0.25) is 10.0 Å². The topological polar surface area (TPSA) is 61.7 Å². The fourth-order valence-corrected chi connectivity index (χ4v) is 2.59. The fraction of sp³-hybridized carbons (Fsp3) is 0.0667. The molecule has 22 heavy (non-hydrogen) atoms. The number of anilines is 1. The van der Waals surface area contributed by atoms with Gasteiger partial charge in [-0.15, -0.1) is 0 Å². The lowest BCUT2D eigenvalue weighted by molar-refractivity contribution is -0.123. The molecule has 0 fully saturated rings. The zero-order valence-corrected chi connectivity index (χ0v) is 12.5. The number of carbonyl (C=O) groups is 1. The van der Waals surface area contributed by atoms with Gasteiger partial charge in [0.1, 0.15) is 5.82 Å². The number of hydrogen-bond acceptors (Lipinski definition) is 3. The van der Waals surface area contributed by atoms with Crippen LogP contribution in [0, 0.1) is 5.82 Å². The van der Waals surface area contributed by atoms with Crippen molar-refractivity contribution in [1.82, 2.24) is 0 Å². The number of amides is 1. The molecule has 7 heteroatoms. The summed E-state index contributed by atoms with van der Waals surface area (Å²) in [6, 6.07) is 8.58. The van der Waals surface area contributed by atoms with Crippen LogP contribution >= 0.6 is 23.2 Å². The Balaban J connectivity index is 2.26. The zero-order chi connectivity index (χ0) is 15.9. The molecule has 0 radical (unpaired) electrons. The number of hydrogen-bond donors (Lipinski definition) is 2. The molecule has 1 unspecified atom stereocenters. The standard InChI is InChI=1S/C15H9Cl2FN2O2/c16-7-1-4-12-10(5-7)13(20-15(22)14(21)19-12)9-3-2-8(18)6-11(9)17/h1-6,15,22H,(H,19,21). The molecule has 1 aliphatic heterocycles. The smallest absolute Gasteiger partial charge is 0.276 e. The molecule has 0 saturated heterocycles. The van der Waals surface area contributed by atoms with Gasteiger partial charge in [0.15, 0.2) is 0 Å². The number of halogens is 3. The van der Waals surface area contributed by atoms with Crippen LogP contribution in [0.3, 0.4) is 0 Å². The predicted molar refractivity (Wildman–Crippen MR) is 83.1 cm³/mol. The minimum atomic E-state index is -1.60. The summed E-state index contributed by atoms with van der Waals surface area (Å²) in [6.45, 7) is 0. The van der Waals surface area contributed by atoms with Crippen LogP contribution in [0.15, 0.2) is 41.4 Å². The SMILES string of the molecule is O=C1Nc2ccc(Cl)cc2C(c2ccc(F)cc2Cl)=NC1O. The van der Waals surface area contributed by atoms with Crippen molar-refractivity contribution < 1.29 is 14.3 Å². The highest BCUT2D eigenvalue weighted by atomic mass is 35.5. The molecule has 1 amide bonds. The first-order valence-corrected chi connectivity index (χ1v) is 7.03. The molecule has 1 atom stereocenters. The fourth-order valence-electron chi connectivity index (χ4n) is 2.17. The molecule has 4 nitrogen and oxygen atoms in total. The average Bonchev–Trinajstić information content (AvgIpc) is 2.57. The van der Waals surface area contributed by atoms with Gasteiger partial charge in [-0.3, -0.25) is 4.79 Å². The van der Waals surface area contributed by atoms with Crippen molar-refractivity contribution in [3.63, 3.8) is 0 Å². The first-order valence-electron chi connectivity index (χ1n) is 6.28. The van der Waals surface area contributed by atoms with Crippen LogP contribution in [0.25, 0.3) is 0 Å². The van der Waals surface area contributed by atoms with E-state index in [9.17, 15) is 14.3 Å². The van der Waals surface area contributed by atoms with Crippen LogP contribution in [0.1, 0.15) is 11.1 Å². The summed E-state index contributed by atoms with van der Waals surface area (Å²) in [4.78, 5) is 15.8. The third-order valence-corrected chi connectivity index (χ3v) is 3.71. The van der Waals surface area contributed by atoms with Crippen molar-refractivity contribution in [2.75, 3.05) is 5.32 Å². The Morgan fingerprint density at radius 1 is 1.14 bits per heavy atom. The third kappa shape index (κ3) is 2.70. The number of aliphatic imine (C=N–C) groups is 1. The minimum Gasteiger partial charge on any atom is -0.364 e. The molecule has 3 rings (SSSR count). The highest BCUT2D eigenvalue weighted by Crippen LogP contribution is 2.29. The Kier molecular flexibility index (Phi) is 3.87. The second kappa shape index (κ2) is 5.68. The number of nitrogens with one attached hydrogen (secondary N) is 1. The second-order valence-corrected chi connectivity index (χ2v) is 5.50. The number of fused-ring (bicyclic) bond motifs is 1. The summed E-state index contributed by atoms with van der Waals surface area (Å²) < 4.78 is 13.2. The summed E-state index contributed by atoms with van der Waals surface area (Å²) in [7, 11) is 0. The minimum absolute atomic E-state index is 0.117. The lowest BCUT2D eigenvalue weighted by Gasteiger charge is -2.11. The maximum Gasteiger partial charge on any atom is 0.276 e. The summed E-state index contributed by atoms with van der Waals surface area (Å²) in [5.41, 5.74) is 1.58. The van der Waals surface area contributed by atoms with Gasteiger partial charge in [-0.05, 0) is 36.4 Å². The lowest BCUT2D eigenvalue weighted by atomic mass is 10.0. The number of benzene rings is 2. The van der Waals surface area contributed by atoms with Gasteiger partial charge in [0.25, 0.3) is 5.91 Å². The number of aliphatic hydroxyl groups excluding tert-OH is 1. The van der Waals surface area contributed by atoms with E-state index in [2.05, 4.69) is 10.3 Å². The molecular formula is C15H9Cl2FN2O2. The van der Waals surface area contributed by atoms with Gasteiger partial charge in [-0.2, -0.15) is 0 Å². The van der Waals surface area contributed by atoms with E-state index >= 15 is 0 Å². The molecule has 0 saturated carbocycles. The third-order valence-electron chi connectivity index (χ3n) is 3.17. The van der Waals surface area contributed by atoms with Gasteiger partial charge < -0.3 is 10.4 Å². The number of nitrogens with zero attached hydrogens (tertiary/aromatic N) is 1. The monoisotopic (exact) mass is 338 g/mol. The Morgan fingerprint density at radius 3 is 2.64 bits per heavy atom. The molecular weight excluding hydrogens is 330 g/mol. The normalized spacial score (nSPS) is 17.4. The van der Waals surface area contributed by atoms with Gasteiger partial charge in [-0.1, -0.05) is 23.2 Å². The van der Waals surface area contributed by atoms with Crippen molar-refractivity contribution in [2.45, 2.75) is 6.23 Å². The largest absolute Gasteiger partial charge is 0.364 e. The molecule has 112 valence electrons. The van der Waals surface area contributed by atoms with Gasteiger partial charge in [0.2, 0.25) is 6.23 Å². The zero-order valence-electron chi connectivity index (χ0n) is 11.0. The Morgan fingerprint density at radius 2 is 1.91 bits per heavy atom. The highest BCUT2D eigenvalue weighted by Gasteiger charge is 2.25. The van der Waals surface area contributed by atoms with E-state index in [1.807, 2.05) is 0 Å². The summed E-state index contributed by atoms with van der Waals surface area (Å²) in [5, 5.41) is 12.9. The molecule has 0 aromatic heterocycles. The van der Waals surface area contributed by atoms with E-state index in [0.717, 1.165) is 6.07 Å². The predicted octanol–water partition coefficient (Wildman–Crippen LogP) is 3.24. The molecule has 0 aliphatic carbocycles. The summed E-state index contributed by atoms with van der Waals surface area (Å²) in [5.74, 6) is -1.17. The average molecular weight is 339 g/mol. The number of benzodiazepines with no additional fused rings is 1. The highest BCUT2D eigenvalue weighted by molar-refractivity contribution is 6.36. The summed E-state index contributed by atoms with van der Waals surface area (Å²) in [6.07, 6.45) is -1.60. The van der Waals surface area contributed by atoms with Crippen molar-refractivity contribution in [2.24, 2.45) is 4.99 Å². The van der Waals surface area contributed by atoms with E-state index in [0.29, 0.717) is 21.8 Å². The Hall–Kier alpha value is -1.95. The molecule has 1 heterocycles. The Bertz CT molecular complexity index is 808. The molecule has 0 bridgehead atoms. The van der Waals surface area contributed by atoms with Crippen LogP contribution in [-0.2, 0) is 4.79 Å². The van der Waals surface area contributed by atoms with E-state index in [4.69, 9.17) is 23.2 Å². The van der Waals surface area contributed by atoms with Crippen LogP contribution in [0.5, 0.6) is 0 Å². The van der Waals surface area contributed by atoms with Crippen LogP contribution in [-0.4, -0.2) is 23.0 Å². The first kappa shape index (κ1) is 15.0. The van der Waals surface area contributed by atoms with Gasteiger partial charge in [0.05, 0.1) is 16.4 Å². The van der Waals surface area contributed by atoms with Gasteiger partial charge in [-0.25, -0.2) is 9.38 Å². The Labute approximate surface area is 135 Å².